The molecular weight excluding hydrogens is 389 g/mol. The maximum absolute atomic E-state index is 13.1. The number of halogens is 3. The summed E-state index contributed by atoms with van der Waals surface area (Å²) in [5.74, 6) is 0.132. The van der Waals surface area contributed by atoms with Gasteiger partial charge in [-0.15, -0.1) is 24.5 Å². The van der Waals surface area contributed by atoms with Crippen LogP contribution >= 0.6 is 11.3 Å². The summed E-state index contributed by atoms with van der Waals surface area (Å²) in [5.41, 5.74) is 0.533. The minimum atomic E-state index is -4.78. The standard InChI is InChI=1S/C20H21F3N2O2S/c21-20(22,23)27-17-10-4-2-8-14(17)18-24-15(12-28-18)19(26)25-11-5-7-13-6-1-3-9-16(13)25/h2,4,8,10,12-13,16H,1,3,5-7,9,11H2. The Balaban J connectivity index is 1.57. The molecule has 2 heterocycles. The van der Waals surface area contributed by atoms with Crippen LogP contribution in [0.3, 0.4) is 0 Å². The van der Waals surface area contributed by atoms with Gasteiger partial charge in [-0.2, -0.15) is 0 Å². The minimum Gasteiger partial charge on any atom is -0.405 e. The number of piperidine rings is 1. The van der Waals surface area contributed by atoms with E-state index >= 15 is 0 Å². The Bertz CT molecular complexity index is 850. The molecule has 2 unspecified atom stereocenters. The molecule has 4 nitrogen and oxygen atoms in total. The Hall–Kier alpha value is -2.09. The Morgan fingerprint density at radius 3 is 2.71 bits per heavy atom. The highest BCUT2D eigenvalue weighted by Crippen LogP contribution is 2.38. The summed E-state index contributed by atoms with van der Waals surface area (Å²) >= 11 is 1.16. The molecule has 8 heteroatoms. The first-order valence-electron chi connectivity index (χ1n) is 9.54. The van der Waals surface area contributed by atoms with E-state index in [4.69, 9.17) is 0 Å². The van der Waals surface area contributed by atoms with Crippen molar-refractivity contribution in [2.75, 3.05) is 6.54 Å². The average molecular weight is 410 g/mol. The highest BCUT2D eigenvalue weighted by molar-refractivity contribution is 7.13. The molecule has 0 N–H and O–H groups in total. The van der Waals surface area contributed by atoms with Crippen molar-refractivity contribution < 1.29 is 22.7 Å². The number of alkyl halides is 3. The number of thiazole rings is 1. The van der Waals surface area contributed by atoms with Gasteiger partial charge in [0.15, 0.2) is 0 Å². The van der Waals surface area contributed by atoms with Gasteiger partial charge < -0.3 is 9.64 Å². The van der Waals surface area contributed by atoms with Crippen molar-refractivity contribution in [1.82, 2.24) is 9.88 Å². The van der Waals surface area contributed by atoms with Gasteiger partial charge in [-0.25, -0.2) is 4.98 Å². The van der Waals surface area contributed by atoms with E-state index in [0.29, 0.717) is 16.6 Å². The normalized spacial score (nSPS) is 22.6. The third kappa shape index (κ3) is 4.01. The van der Waals surface area contributed by atoms with E-state index in [1.54, 1.807) is 11.4 Å². The van der Waals surface area contributed by atoms with Gasteiger partial charge >= 0.3 is 6.36 Å². The molecule has 2 aliphatic rings. The van der Waals surface area contributed by atoms with E-state index in [2.05, 4.69) is 9.72 Å². The lowest BCUT2D eigenvalue weighted by molar-refractivity contribution is -0.274. The first kappa shape index (κ1) is 19.2. The lowest BCUT2D eigenvalue weighted by Crippen LogP contribution is -2.49. The third-order valence-electron chi connectivity index (χ3n) is 5.57. The van der Waals surface area contributed by atoms with Gasteiger partial charge in [-0.1, -0.05) is 25.0 Å². The van der Waals surface area contributed by atoms with Gasteiger partial charge in [0.25, 0.3) is 5.91 Å². The fourth-order valence-electron chi connectivity index (χ4n) is 4.38. The van der Waals surface area contributed by atoms with Gasteiger partial charge in [-0.05, 0) is 43.7 Å². The molecule has 1 aromatic carbocycles. The summed E-state index contributed by atoms with van der Waals surface area (Å²) in [4.78, 5) is 19.4. The lowest BCUT2D eigenvalue weighted by Gasteiger charge is -2.43. The summed E-state index contributed by atoms with van der Waals surface area (Å²) < 4.78 is 42.1. The molecule has 28 heavy (non-hydrogen) atoms. The predicted octanol–water partition coefficient (Wildman–Crippen LogP) is 5.50. The number of hydrogen-bond donors (Lipinski definition) is 0. The molecule has 150 valence electrons. The number of carbonyl (C=O) groups is 1. The lowest BCUT2D eigenvalue weighted by atomic mass is 9.78. The van der Waals surface area contributed by atoms with Crippen molar-refractivity contribution in [1.29, 1.82) is 0 Å². The number of rotatable bonds is 3. The van der Waals surface area contributed by atoms with Gasteiger partial charge in [0, 0.05) is 18.0 Å². The number of para-hydroxylation sites is 1. The Morgan fingerprint density at radius 2 is 1.89 bits per heavy atom. The zero-order valence-corrected chi connectivity index (χ0v) is 16.1. The average Bonchev–Trinajstić information content (AvgIpc) is 3.16. The molecule has 1 saturated carbocycles. The van der Waals surface area contributed by atoms with Crippen LogP contribution < -0.4 is 4.74 Å². The monoisotopic (exact) mass is 410 g/mol. The summed E-state index contributed by atoms with van der Waals surface area (Å²) in [5, 5.41) is 1.98. The number of benzene rings is 1. The van der Waals surface area contributed by atoms with Crippen LogP contribution in [0.15, 0.2) is 29.6 Å². The first-order chi connectivity index (χ1) is 13.4. The van der Waals surface area contributed by atoms with Crippen molar-refractivity contribution in [3.63, 3.8) is 0 Å². The van der Waals surface area contributed by atoms with E-state index in [1.165, 1.54) is 37.5 Å². The van der Waals surface area contributed by atoms with Crippen molar-refractivity contribution in [2.24, 2.45) is 5.92 Å². The second-order valence-electron chi connectivity index (χ2n) is 7.33. The van der Waals surface area contributed by atoms with Crippen molar-refractivity contribution in [3.8, 4) is 16.3 Å². The molecule has 2 fully saturated rings. The summed E-state index contributed by atoms with van der Waals surface area (Å²) in [6.45, 7) is 0.723. The molecule has 2 aromatic rings. The van der Waals surface area contributed by atoms with Crippen molar-refractivity contribution in [2.45, 2.75) is 50.9 Å². The number of aromatic nitrogens is 1. The molecule has 1 aliphatic heterocycles. The SMILES string of the molecule is O=C(c1csc(-c2ccccc2OC(F)(F)F)n1)N1CCCC2CCCCC21. The predicted molar refractivity (Wildman–Crippen MR) is 100 cm³/mol. The van der Waals surface area contributed by atoms with Crippen LogP contribution in [0, 0.1) is 5.92 Å². The zero-order chi connectivity index (χ0) is 19.7. The second-order valence-corrected chi connectivity index (χ2v) is 8.19. The number of hydrogen-bond acceptors (Lipinski definition) is 4. The molecule has 4 rings (SSSR count). The molecule has 1 aliphatic carbocycles. The number of nitrogens with zero attached hydrogens (tertiary/aromatic N) is 2. The van der Waals surface area contributed by atoms with E-state index < -0.39 is 6.36 Å². The molecule has 0 radical (unpaired) electrons. The molecule has 0 bridgehead atoms. The Labute approximate surface area is 165 Å². The van der Waals surface area contributed by atoms with Gasteiger partial charge in [-0.3, -0.25) is 4.79 Å². The van der Waals surface area contributed by atoms with Gasteiger partial charge in [0.2, 0.25) is 0 Å². The maximum atomic E-state index is 13.1. The minimum absolute atomic E-state index is 0.117. The first-order valence-corrected chi connectivity index (χ1v) is 10.4. The second kappa shape index (κ2) is 7.73. The highest BCUT2D eigenvalue weighted by atomic mass is 32.1. The fraction of sp³-hybridized carbons (Fsp3) is 0.500. The summed E-state index contributed by atoms with van der Waals surface area (Å²) in [7, 11) is 0. The van der Waals surface area contributed by atoms with Crippen LogP contribution in [-0.2, 0) is 0 Å². The largest absolute Gasteiger partial charge is 0.573 e. The highest BCUT2D eigenvalue weighted by Gasteiger charge is 2.37. The van der Waals surface area contributed by atoms with Crippen LogP contribution in [0.1, 0.15) is 49.0 Å². The number of amides is 1. The fourth-order valence-corrected chi connectivity index (χ4v) is 5.20. The van der Waals surface area contributed by atoms with E-state index in [-0.39, 0.29) is 23.3 Å². The zero-order valence-electron chi connectivity index (χ0n) is 15.2. The molecule has 1 amide bonds. The van der Waals surface area contributed by atoms with Crippen LogP contribution in [-0.4, -0.2) is 34.7 Å². The molecular formula is C20H21F3N2O2S. The number of fused-ring (bicyclic) bond motifs is 1. The molecule has 1 saturated heterocycles. The topological polar surface area (TPSA) is 42.4 Å². The smallest absolute Gasteiger partial charge is 0.405 e. The Morgan fingerprint density at radius 1 is 1.14 bits per heavy atom. The molecule has 2 atom stereocenters. The quantitative estimate of drug-likeness (QED) is 0.671. The number of ether oxygens (including phenoxy) is 1. The van der Waals surface area contributed by atoms with Gasteiger partial charge in [0.05, 0.1) is 5.56 Å². The van der Waals surface area contributed by atoms with Crippen molar-refractivity contribution >= 4 is 17.2 Å². The van der Waals surface area contributed by atoms with E-state index in [0.717, 1.165) is 37.1 Å². The van der Waals surface area contributed by atoms with Crippen LogP contribution in [0.25, 0.3) is 10.6 Å². The third-order valence-corrected chi connectivity index (χ3v) is 6.45. The van der Waals surface area contributed by atoms with Crippen LogP contribution in [0.5, 0.6) is 5.75 Å². The van der Waals surface area contributed by atoms with Gasteiger partial charge in [0.1, 0.15) is 16.5 Å². The van der Waals surface area contributed by atoms with Crippen molar-refractivity contribution in [3.05, 3.63) is 35.3 Å². The molecule has 0 spiro atoms. The molecule has 1 aromatic heterocycles. The number of likely N-dealkylation sites (tertiary alicyclic amines) is 1. The van der Waals surface area contributed by atoms with E-state index in [9.17, 15) is 18.0 Å². The van der Waals surface area contributed by atoms with Crippen LogP contribution in [0.2, 0.25) is 0 Å². The Kier molecular flexibility index (Phi) is 5.31. The summed E-state index contributed by atoms with van der Waals surface area (Å²) in [6.07, 6.45) is 1.92. The number of carbonyl (C=O) groups excluding carboxylic acids is 1. The summed E-state index contributed by atoms with van der Waals surface area (Å²) in [6, 6.07) is 6.13. The van der Waals surface area contributed by atoms with Crippen LogP contribution in [0.4, 0.5) is 13.2 Å². The van der Waals surface area contributed by atoms with E-state index in [1.807, 2.05) is 4.90 Å². The maximum Gasteiger partial charge on any atom is 0.573 e.